The highest BCUT2D eigenvalue weighted by Gasteiger charge is 2.10. The van der Waals surface area contributed by atoms with Gasteiger partial charge in [-0.1, -0.05) is 0 Å². The summed E-state index contributed by atoms with van der Waals surface area (Å²) in [7, 11) is 1.50. The maximum absolute atomic E-state index is 5.75. The molecule has 0 saturated carbocycles. The fourth-order valence-electron chi connectivity index (χ4n) is 2.01. The molecule has 1 fully saturated rings. The third-order valence-electron chi connectivity index (χ3n) is 2.90. The Labute approximate surface area is 112 Å². The van der Waals surface area contributed by atoms with Gasteiger partial charge in [-0.15, -0.1) is 0 Å². The van der Waals surface area contributed by atoms with Gasteiger partial charge < -0.3 is 15.0 Å². The quantitative estimate of drug-likeness (QED) is 0.790. The number of ether oxygens (including phenoxy) is 1. The molecule has 0 aliphatic carbocycles. The van der Waals surface area contributed by atoms with E-state index in [-0.39, 0.29) is 11.3 Å². The lowest BCUT2D eigenvalue weighted by molar-refractivity contribution is 0.337. The van der Waals surface area contributed by atoms with Crippen molar-refractivity contribution in [2.75, 3.05) is 38.6 Å². The molecule has 0 aromatic carbocycles. The number of halogens is 1. The van der Waals surface area contributed by atoms with Crippen molar-refractivity contribution in [3.8, 4) is 6.01 Å². The number of anilines is 1. The summed E-state index contributed by atoms with van der Waals surface area (Å²) in [6, 6.07) is 0.233. The molecule has 6 nitrogen and oxygen atoms in total. The number of nitrogens with one attached hydrogen (secondary N) is 1. The monoisotopic (exact) mass is 271 g/mol. The second-order valence-electron chi connectivity index (χ2n) is 4.24. The first-order valence-electron chi connectivity index (χ1n) is 6.20. The van der Waals surface area contributed by atoms with Crippen LogP contribution in [-0.4, -0.2) is 53.1 Å². The molecule has 0 atom stereocenters. The van der Waals surface area contributed by atoms with Crippen molar-refractivity contribution in [2.45, 2.75) is 19.3 Å². The number of methoxy groups -OCH3 is 1. The van der Waals surface area contributed by atoms with Gasteiger partial charge in [0.05, 0.1) is 7.11 Å². The number of hydrogen-bond donors (Lipinski definition) is 1. The minimum absolute atomic E-state index is 0.142. The van der Waals surface area contributed by atoms with Crippen LogP contribution < -0.4 is 10.1 Å². The zero-order valence-electron chi connectivity index (χ0n) is 10.5. The highest BCUT2D eigenvalue weighted by atomic mass is 35.5. The van der Waals surface area contributed by atoms with Crippen molar-refractivity contribution in [3.63, 3.8) is 0 Å². The summed E-state index contributed by atoms with van der Waals surface area (Å²) in [4.78, 5) is 14.3. The summed E-state index contributed by atoms with van der Waals surface area (Å²) in [6.45, 7) is 4.39. The zero-order valence-corrected chi connectivity index (χ0v) is 11.3. The summed E-state index contributed by atoms with van der Waals surface area (Å²) in [5.41, 5.74) is 0. The Morgan fingerprint density at radius 2 is 2.06 bits per heavy atom. The Morgan fingerprint density at radius 1 is 1.28 bits per heavy atom. The van der Waals surface area contributed by atoms with Crippen LogP contribution in [0.3, 0.4) is 0 Å². The number of nitrogens with zero attached hydrogens (tertiary/aromatic N) is 4. The first kappa shape index (κ1) is 13.3. The van der Waals surface area contributed by atoms with Crippen LogP contribution in [0.5, 0.6) is 6.01 Å². The number of hydrogen-bond acceptors (Lipinski definition) is 6. The van der Waals surface area contributed by atoms with E-state index in [9.17, 15) is 0 Å². The molecular weight excluding hydrogens is 254 g/mol. The zero-order chi connectivity index (χ0) is 12.8. The molecule has 0 spiro atoms. The Bertz CT molecular complexity index is 384. The molecule has 2 rings (SSSR count). The molecule has 2 heterocycles. The van der Waals surface area contributed by atoms with Crippen molar-refractivity contribution in [1.82, 2.24) is 19.9 Å². The summed E-state index contributed by atoms with van der Waals surface area (Å²) in [5, 5.41) is 3.27. The van der Waals surface area contributed by atoms with Crippen LogP contribution in [0.1, 0.15) is 19.3 Å². The van der Waals surface area contributed by atoms with Crippen molar-refractivity contribution in [2.24, 2.45) is 0 Å². The van der Waals surface area contributed by atoms with Crippen LogP contribution in [0.15, 0.2) is 0 Å². The lowest BCUT2D eigenvalue weighted by Crippen LogP contribution is -2.22. The number of aromatic nitrogens is 3. The molecule has 18 heavy (non-hydrogen) atoms. The standard InChI is InChI=1S/C11H18ClN5O/c1-18-11-15-9(12)14-10(16-11)13-5-4-8-17-6-2-3-7-17/h2-8H2,1H3,(H,13,14,15,16). The van der Waals surface area contributed by atoms with E-state index in [0.717, 1.165) is 19.5 Å². The van der Waals surface area contributed by atoms with Crippen molar-refractivity contribution in [3.05, 3.63) is 5.28 Å². The fourth-order valence-corrected chi connectivity index (χ4v) is 2.16. The third kappa shape index (κ3) is 3.96. The maximum atomic E-state index is 5.75. The van der Waals surface area contributed by atoms with E-state index in [0.29, 0.717) is 5.95 Å². The number of rotatable bonds is 6. The smallest absolute Gasteiger partial charge is 0.322 e. The van der Waals surface area contributed by atoms with E-state index < -0.39 is 0 Å². The molecule has 1 aromatic rings. The molecular formula is C11H18ClN5O. The van der Waals surface area contributed by atoms with E-state index in [2.05, 4.69) is 25.2 Å². The lowest BCUT2D eigenvalue weighted by Gasteiger charge is -2.14. The molecule has 0 unspecified atom stereocenters. The molecule has 0 bridgehead atoms. The Balaban J connectivity index is 1.73. The van der Waals surface area contributed by atoms with Crippen LogP contribution in [0.25, 0.3) is 0 Å². The molecule has 1 aliphatic heterocycles. The minimum Gasteiger partial charge on any atom is -0.467 e. The Hall–Kier alpha value is -1.14. The van der Waals surface area contributed by atoms with Crippen molar-refractivity contribution < 1.29 is 4.74 Å². The van der Waals surface area contributed by atoms with Gasteiger partial charge in [0.2, 0.25) is 11.2 Å². The van der Waals surface area contributed by atoms with Gasteiger partial charge in [-0.2, -0.15) is 15.0 Å². The minimum atomic E-state index is 0.142. The molecule has 1 aliphatic rings. The van der Waals surface area contributed by atoms with Crippen LogP contribution in [0.2, 0.25) is 5.28 Å². The van der Waals surface area contributed by atoms with Crippen molar-refractivity contribution >= 4 is 17.5 Å². The largest absolute Gasteiger partial charge is 0.467 e. The predicted molar refractivity (Wildman–Crippen MR) is 70.2 cm³/mol. The van der Waals surface area contributed by atoms with Gasteiger partial charge in [-0.25, -0.2) is 0 Å². The predicted octanol–water partition coefficient (Wildman–Crippen LogP) is 1.43. The van der Waals surface area contributed by atoms with E-state index >= 15 is 0 Å². The lowest BCUT2D eigenvalue weighted by atomic mass is 10.4. The van der Waals surface area contributed by atoms with Crippen LogP contribution in [0.4, 0.5) is 5.95 Å². The summed E-state index contributed by atoms with van der Waals surface area (Å²) in [5.74, 6) is 0.466. The van der Waals surface area contributed by atoms with Crippen molar-refractivity contribution in [1.29, 1.82) is 0 Å². The summed E-state index contributed by atoms with van der Waals surface area (Å²) >= 11 is 5.75. The van der Waals surface area contributed by atoms with E-state index in [1.165, 1.54) is 33.0 Å². The molecule has 0 amide bonds. The molecule has 0 radical (unpaired) electrons. The molecule has 100 valence electrons. The highest BCUT2D eigenvalue weighted by Crippen LogP contribution is 2.11. The third-order valence-corrected chi connectivity index (χ3v) is 3.07. The molecule has 1 saturated heterocycles. The summed E-state index contributed by atoms with van der Waals surface area (Å²) in [6.07, 6.45) is 3.72. The average molecular weight is 272 g/mol. The maximum Gasteiger partial charge on any atom is 0.322 e. The van der Waals surface area contributed by atoms with Gasteiger partial charge in [-0.3, -0.25) is 0 Å². The van der Waals surface area contributed by atoms with Crippen LogP contribution in [-0.2, 0) is 0 Å². The van der Waals surface area contributed by atoms with Gasteiger partial charge >= 0.3 is 6.01 Å². The first-order chi connectivity index (χ1) is 8.78. The first-order valence-corrected chi connectivity index (χ1v) is 6.57. The SMILES string of the molecule is COc1nc(Cl)nc(NCCCN2CCCC2)n1. The van der Waals surface area contributed by atoms with Crippen LogP contribution in [0, 0.1) is 0 Å². The average Bonchev–Trinajstić information content (AvgIpc) is 2.87. The topological polar surface area (TPSA) is 63.2 Å². The van der Waals surface area contributed by atoms with Gasteiger partial charge in [0.15, 0.2) is 0 Å². The van der Waals surface area contributed by atoms with Gasteiger partial charge in [0.1, 0.15) is 0 Å². The van der Waals surface area contributed by atoms with Gasteiger partial charge in [0, 0.05) is 6.54 Å². The second kappa shape index (κ2) is 6.70. The molecule has 1 N–H and O–H groups in total. The molecule has 7 heteroatoms. The van der Waals surface area contributed by atoms with Gasteiger partial charge in [0.25, 0.3) is 0 Å². The highest BCUT2D eigenvalue weighted by molar-refractivity contribution is 6.28. The van der Waals surface area contributed by atoms with E-state index in [1.807, 2.05) is 0 Å². The Morgan fingerprint density at radius 3 is 2.78 bits per heavy atom. The Kier molecular flexibility index (Phi) is 4.95. The summed E-state index contributed by atoms with van der Waals surface area (Å²) < 4.78 is 4.93. The number of likely N-dealkylation sites (tertiary alicyclic amines) is 1. The molecule has 1 aromatic heterocycles. The second-order valence-corrected chi connectivity index (χ2v) is 4.58. The van der Waals surface area contributed by atoms with Gasteiger partial charge in [-0.05, 0) is 50.5 Å². The van der Waals surface area contributed by atoms with Crippen LogP contribution >= 0.6 is 11.6 Å². The normalized spacial score (nSPS) is 15.9. The van der Waals surface area contributed by atoms with E-state index in [1.54, 1.807) is 0 Å². The van der Waals surface area contributed by atoms with E-state index in [4.69, 9.17) is 16.3 Å². The fraction of sp³-hybridized carbons (Fsp3) is 0.727.